The van der Waals surface area contributed by atoms with Gasteiger partial charge in [0.15, 0.2) is 5.92 Å². The highest BCUT2D eigenvalue weighted by molar-refractivity contribution is 6.79. The summed E-state index contributed by atoms with van der Waals surface area (Å²) < 4.78 is 83.7. The minimum Gasteiger partial charge on any atom is -0.543 e. The zero-order valence-electron chi connectivity index (χ0n) is 15.0. The lowest BCUT2D eigenvalue weighted by molar-refractivity contribution is -0.253. The van der Waals surface area contributed by atoms with Crippen molar-refractivity contribution in [3.05, 3.63) is 23.8 Å². The van der Waals surface area contributed by atoms with Crippen molar-refractivity contribution in [3.63, 3.8) is 0 Å². The molecule has 0 atom stereocenters. The molecule has 0 unspecified atom stereocenters. The molecule has 0 saturated heterocycles. The Labute approximate surface area is 145 Å². The molecule has 0 heterocycles. The third-order valence-electron chi connectivity index (χ3n) is 2.92. The van der Waals surface area contributed by atoms with E-state index in [2.05, 4.69) is 4.98 Å². The summed E-state index contributed by atoms with van der Waals surface area (Å²) >= 11 is 0. The normalized spacial score (nSPS) is 14.0. The second-order valence-electron chi connectivity index (χ2n) is 7.86. The summed E-state index contributed by atoms with van der Waals surface area (Å²) in [5.74, 6) is -3.24. The van der Waals surface area contributed by atoms with E-state index in [0.29, 0.717) is 0 Å². The molecule has 0 bridgehead atoms. The first-order valence-corrected chi connectivity index (χ1v) is 14.6. The molecular formula is C15H23F6NOSi2. The molecule has 0 radical (unpaired) electrons. The number of hydrogen-bond donors (Lipinski definition) is 1. The van der Waals surface area contributed by atoms with Crippen molar-refractivity contribution in [3.8, 4) is 5.75 Å². The Morgan fingerprint density at radius 2 is 1.36 bits per heavy atom. The zero-order chi connectivity index (χ0) is 19.8. The maximum Gasteiger partial charge on any atom is 0.404 e. The molecule has 1 N–H and O–H groups in total. The lowest BCUT2D eigenvalue weighted by Crippen LogP contribution is -2.36. The van der Waals surface area contributed by atoms with Crippen molar-refractivity contribution in [2.24, 2.45) is 0 Å². The maximum atomic E-state index is 13.0. The Bertz CT molecular complexity index is 588. The Kier molecular flexibility index (Phi) is 6.00. The van der Waals surface area contributed by atoms with E-state index >= 15 is 0 Å². The van der Waals surface area contributed by atoms with Gasteiger partial charge in [-0.2, -0.15) is 26.3 Å². The van der Waals surface area contributed by atoms with Crippen molar-refractivity contribution in [1.29, 1.82) is 0 Å². The van der Waals surface area contributed by atoms with E-state index in [9.17, 15) is 26.3 Å². The molecule has 25 heavy (non-hydrogen) atoms. The van der Waals surface area contributed by atoms with Crippen LogP contribution in [0.1, 0.15) is 11.5 Å². The van der Waals surface area contributed by atoms with Gasteiger partial charge in [0.05, 0.1) is 5.69 Å². The molecule has 1 aromatic carbocycles. The van der Waals surface area contributed by atoms with Gasteiger partial charge in [0.2, 0.25) is 8.32 Å². The highest BCUT2D eigenvalue weighted by atomic mass is 28.4. The fourth-order valence-electron chi connectivity index (χ4n) is 2.21. The summed E-state index contributed by atoms with van der Waals surface area (Å²) in [6, 6.07) is 2.95. The van der Waals surface area contributed by atoms with Crippen LogP contribution in [0.25, 0.3) is 0 Å². The van der Waals surface area contributed by atoms with Gasteiger partial charge in [0, 0.05) is 0 Å². The number of alkyl halides is 6. The second-order valence-corrected chi connectivity index (χ2v) is 17.0. The monoisotopic (exact) mass is 403 g/mol. The van der Waals surface area contributed by atoms with Crippen LogP contribution in [0.3, 0.4) is 0 Å². The van der Waals surface area contributed by atoms with E-state index in [0.717, 1.165) is 12.1 Å². The minimum atomic E-state index is -5.42. The van der Waals surface area contributed by atoms with Crippen LogP contribution < -0.4 is 9.41 Å². The molecule has 0 saturated carbocycles. The molecule has 0 aliphatic rings. The molecule has 0 spiro atoms. The van der Waals surface area contributed by atoms with Crippen LogP contribution in [0.5, 0.6) is 5.75 Å². The summed E-state index contributed by atoms with van der Waals surface area (Å²) in [6.07, 6.45) is -10.8. The lowest BCUT2D eigenvalue weighted by atomic mass is 9.97. The Morgan fingerprint density at radius 3 is 1.72 bits per heavy atom. The Morgan fingerprint density at radius 1 is 0.880 bits per heavy atom. The third-order valence-corrected chi connectivity index (χ3v) is 4.77. The molecule has 2 nitrogen and oxygen atoms in total. The third kappa shape index (κ3) is 6.92. The molecule has 0 fully saturated rings. The predicted molar refractivity (Wildman–Crippen MR) is 92.2 cm³/mol. The van der Waals surface area contributed by atoms with Crippen LogP contribution in [-0.2, 0) is 0 Å². The SMILES string of the molecule is C[Si](C)(C)Nc1cc(C(C(F)(F)F)C(F)(F)F)ccc1O[Si](C)(C)C. The van der Waals surface area contributed by atoms with Crippen molar-refractivity contribution < 1.29 is 30.8 Å². The summed E-state index contributed by atoms with van der Waals surface area (Å²) in [5, 5.41) is 0. The highest BCUT2D eigenvalue weighted by Gasteiger charge is 2.57. The molecule has 10 heteroatoms. The van der Waals surface area contributed by atoms with Crippen molar-refractivity contribution in [2.45, 2.75) is 57.6 Å². The van der Waals surface area contributed by atoms with E-state index in [1.165, 1.54) is 6.07 Å². The van der Waals surface area contributed by atoms with Crippen LogP contribution in [0.4, 0.5) is 32.0 Å². The Balaban J connectivity index is 3.47. The number of halogens is 6. The fraction of sp³-hybridized carbons (Fsp3) is 0.600. The number of rotatable bonds is 5. The first kappa shape index (κ1) is 21.9. The smallest absolute Gasteiger partial charge is 0.404 e. The molecule has 1 aromatic rings. The number of hydrogen-bond acceptors (Lipinski definition) is 2. The van der Waals surface area contributed by atoms with Crippen LogP contribution in [0.15, 0.2) is 18.2 Å². The highest BCUT2D eigenvalue weighted by Crippen LogP contribution is 2.47. The second kappa shape index (κ2) is 6.86. The zero-order valence-corrected chi connectivity index (χ0v) is 17.0. The van der Waals surface area contributed by atoms with Gasteiger partial charge in [-0.1, -0.05) is 25.7 Å². The summed E-state index contributed by atoms with van der Waals surface area (Å²) in [4.78, 5) is 3.07. The van der Waals surface area contributed by atoms with Gasteiger partial charge in [-0.15, -0.1) is 0 Å². The topological polar surface area (TPSA) is 21.3 Å². The van der Waals surface area contributed by atoms with Crippen molar-refractivity contribution in [1.82, 2.24) is 0 Å². The molecule has 0 aromatic heterocycles. The lowest BCUT2D eigenvalue weighted by Gasteiger charge is -2.28. The quantitative estimate of drug-likeness (QED) is 0.456. The van der Waals surface area contributed by atoms with Gasteiger partial charge in [0.25, 0.3) is 0 Å². The molecular weight excluding hydrogens is 380 g/mol. The standard InChI is InChI=1S/C15H23F6NOSi2/c1-24(2,3)22-11-9-10(7-8-12(11)23-25(4,5)6)13(14(16,17)18)15(19,20)21/h7-9,13,22H,1-6H3. The van der Waals surface area contributed by atoms with E-state index in [1.807, 2.05) is 39.3 Å². The largest absolute Gasteiger partial charge is 0.543 e. The maximum absolute atomic E-state index is 13.0. The first-order chi connectivity index (χ1) is 10.9. The van der Waals surface area contributed by atoms with E-state index < -0.39 is 40.4 Å². The van der Waals surface area contributed by atoms with Crippen LogP contribution in [0.2, 0.25) is 39.3 Å². The summed E-state index contributed by atoms with van der Waals surface area (Å²) in [6.45, 7) is 11.3. The first-order valence-electron chi connectivity index (χ1n) is 7.65. The van der Waals surface area contributed by atoms with E-state index in [-0.39, 0.29) is 11.4 Å². The van der Waals surface area contributed by atoms with Crippen molar-refractivity contribution in [2.75, 3.05) is 4.98 Å². The van der Waals surface area contributed by atoms with Gasteiger partial charge in [-0.25, -0.2) is 0 Å². The molecule has 144 valence electrons. The average molecular weight is 404 g/mol. The number of benzene rings is 1. The number of anilines is 1. The van der Waals surface area contributed by atoms with E-state index in [4.69, 9.17) is 4.43 Å². The van der Waals surface area contributed by atoms with Crippen molar-refractivity contribution >= 4 is 22.2 Å². The van der Waals surface area contributed by atoms with Crippen LogP contribution in [-0.4, -0.2) is 28.9 Å². The average Bonchev–Trinajstić information content (AvgIpc) is 2.24. The molecule has 1 rings (SSSR count). The Hall–Kier alpha value is -1.17. The van der Waals surface area contributed by atoms with Gasteiger partial charge in [-0.3, -0.25) is 0 Å². The summed E-state index contributed by atoms with van der Waals surface area (Å²) in [5.41, 5.74) is -0.665. The van der Waals surface area contributed by atoms with Gasteiger partial charge in [0.1, 0.15) is 14.0 Å². The van der Waals surface area contributed by atoms with Gasteiger partial charge < -0.3 is 9.41 Å². The predicted octanol–water partition coefficient (Wildman–Crippen LogP) is 6.36. The summed E-state index contributed by atoms with van der Waals surface area (Å²) in [7, 11) is -4.12. The fourth-order valence-corrected chi connectivity index (χ4v) is 4.05. The molecule has 0 amide bonds. The van der Waals surface area contributed by atoms with Gasteiger partial charge in [-0.05, 0) is 37.3 Å². The number of nitrogens with one attached hydrogen (secondary N) is 1. The van der Waals surface area contributed by atoms with Crippen LogP contribution in [0, 0.1) is 0 Å². The molecule has 0 aliphatic carbocycles. The van der Waals surface area contributed by atoms with Crippen LogP contribution >= 0.6 is 0 Å². The minimum absolute atomic E-state index is 0.178. The van der Waals surface area contributed by atoms with E-state index in [1.54, 1.807) is 0 Å². The molecule has 0 aliphatic heterocycles. The van der Waals surface area contributed by atoms with Gasteiger partial charge >= 0.3 is 12.4 Å².